The average Bonchev–Trinajstić information content (AvgIpc) is 3.05. The van der Waals surface area contributed by atoms with Gasteiger partial charge in [0, 0.05) is 0 Å². The van der Waals surface area contributed by atoms with Crippen molar-refractivity contribution < 1.29 is 4.74 Å². The number of nitrogens with zero attached hydrogens (tertiary/aromatic N) is 1. The van der Waals surface area contributed by atoms with Crippen LogP contribution >= 0.6 is 27.3 Å². The van der Waals surface area contributed by atoms with E-state index < -0.39 is 0 Å². The van der Waals surface area contributed by atoms with Gasteiger partial charge in [0.05, 0.1) is 27.0 Å². The maximum atomic E-state index is 6.02. The van der Waals surface area contributed by atoms with Gasteiger partial charge in [0.2, 0.25) is 0 Å². The van der Waals surface area contributed by atoms with Crippen molar-refractivity contribution in [2.24, 2.45) is 0 Å². The number of anilines is 1. The number of methoxy groups -OCH3 is 1. The van der Waals surface area contributed by atoms with Crippen LogP contribution in [0.3, 0.4) is 0 Å². The van der Waals surface area contributed by atoms with Crippen LogP contribution < -0.4 is 10.5 Å². The van der Waals surface area contributed by atoms with Crippen molar-refractivity contribution >= 4 is 33.1 Å². The lowest BCUT2D eigenvalue weighted by Gasteiger charge is -2.05. The fourth-order valence-electron chi connectivity index (χ4n) is 2.05. The van der Waals surface area contributed by atoms with Crippen LogP contribution in [0.4, 0.5) is 5.82 Å². The Kier molecular flexibility index (Phi) is 3.50. The highest BCUT2D eigenvalue weighted by atomic mass is 79.9. The molecule has 4 nitrogen and oxygen atoms in total. The van der Waals surface area contributed by atoms with Crippen LogP contribution in [0.2, 0.25) is 0 Å². The van der Waals surface area contributed by atoms with Gasteiger partial charge in [-0.15, -0.1) is 11.3 Å². The summed E-state index contributed by atoms with van der Waals surface area (Å²) >= 11 is 5.10. The number of rotatable bonds is 3. The lowest BCUT2D eigenvalue weighted by Crippen LogP contribution is -1.89. The van der Waals surface area contributed by atoms with Crippen molar-refractivity contribution in [2.75, 3.05) is 12.8 Å². The van der Waals surface area contributed by atoms with Crippen LogP contribution in [0.5, 0.6) is 5.75 Å². The predicted octanol–water partition coefficient (Wildman–Crippen LogP) is 4.16. The predicted molar refractivity (Wildman–Crippen MR) is 86.0 cm³/mol. The van der Waals surface area contributed by atoms with E-state index in [2.05, 4.69) is 26.1 Å². The number of benzene rings is 1. The molecule has 0 aliphatic heterocycles. The first-order valence-corrected chi connectivity index (χ1v) is 7.54. The van der Waals surface area contributed by atoms with Gasteiger partial charge in [-0.3, -0.25) is 5.10 Å². The molecule has 0 atom stereocenters. The molecule has 0 aliphatic carbocycles. The van der Waals surface area contributed by atoms with Gasteiger partial charge < -0.3 is 10.5 Å². The molecule has 20 heavy (non-hydrogen) atoms. The molecular formula is C14H12BrN3OS. The number of aromatic nitrogens is 2. The van der Waals surface area contributed by atoms with Crippen LogP contribution in [-0.4, -0.2) is 17.3 Å². The SMILES string of the molecule is COc1cccc(-c2c(N)n[nH]c2-c2ccc(Br)s2)c1. The number of halogens is 1. The molecule has 0 radical (unpaired) electrons. The summed E-state index contributed by atoms with van der Waals surface area (Å²) in [5.41, 5.74) is 8.82. The molecule has 0 spiro atoms. The van der Waals surface area contributed by atoms with Gasteiger partial charge in [-0.25, -0.2) is 0 Å². The molecule has 0 saturated carbocycles. The second-order valence-electron chi connectivity index (χ2n) is 4.19. The number of nitrogens with two attached hydrogens (primary N) is 1. The number of ether oxygens (including phenoxy) is 1. The molecule has 1 aromatic carbocycles. The first kappa shape index (κ1) is 13.2. The maximum absolute atomic E-state index is 6.02. The molecule has 3 N–H and O–H groups in total. The van der Waals surface area contributed by atoms with Gasteiger partial charge in [0.15, 0.2) is 5.82 Å². The third-order valence-corrected chi connectivity index (χ3v) is 4.61. The summed E-state index contributed by atoms with van der Waals surface area (Å²) in [7, 11) is 1.65. The summed E-state index contributed by atoms with van der Waals surface area (Å²) in [5, 5.41) is 7.15. The summed E-state index contributed by atoms with van der Waals surface area (Å²) in [6.45, 7) is 0. The summed E-state index contributed by atoms with van der Waals surface area (Å²) < 4.78 is 6.33. The highest BCUT2D eigenvalue weighted by molar-refractivity contribution is 9.11. The van der Waals surface area contributed by atoms with Crippen molar-refractivity contribution in [1.82, 2.24) is 10.2 Å². The van der Waals surface area contributed by atoms with Crippen LogP contribution in [0.15, 0.2) is 40.2 Å². The zero-order chi connectivity index (χ0) is 14.1. The van der Waals surface area contributed by atoms with E-state index in [0.29, 0.717) is 5.82 Å². The van der Waals surface area contributed by atoms with E-state index in [1.54, 1.807) is 18.4 Å². The van der Waals surface area contributed by atoms with Crippen LogP contribution in [0, 0.1) is 0 Å². The minimum absolute atomic E-state index is 0.484. The second-order valence-corrected chi connectivity index (χ2v) is 6.66. The molecule has 0 amide bonds. The minimum atomic E-state index is 0.484. The van der Waals surface area contributed by atoms with Crippen LogP contribution in [-0.2, 0) is 0 Å². The number of thiophene rings is 1. The Balaban J connectivity index is 2.15. The van der Waals surface area contributed by atoms with E-state index in [1.165, 1.54) is 0 Å². The van der Waals surface area contributed by atoms with E-state index in [4.69, 9.17) is 10.5 Å². The lowest BCUT2D eigenvalue weighted by atomic mass is 10.0. The van der Waals surface area contributed by atoms with Crippen molar-refractivity contribution in [3.05, 3.63) is 40.2 Å². The summed E-state index contributed by atoms with van der Waals surface area (Å²) in [6, 6.07) is 11.8. The standard InChI is InChI=1S/C14H12BrN3OS/c1-19-9-4-2-3-8(7-9)12-13(17-18-14(12)16)10-5-6-11(15)20-10/h2-7H,1H3,(H3,16,17,18). The number of nitrogens with one attached hydrogen (secondary N) is 1. The third kappa shape index (κ3) is 2.32. The molecular weight excluding hydrogens is 338 g/mol. The molecule has 3 rings (SSSR count). The van der Waals surface area contributed by atoms with Gasteiger partial charge >= 0.3 is 0 Å². The minimum Gasteiger partial charge on any atom is -0.497 e. The first-order chi connectivity index (χ1) is 9.69. The largest absolute Gasteiger partial charge is 0.497 e. The summed E-state index contributed by atoms with van der Waals surface area (Å²) in [5.74, 6) is 1.28. The highest BCUT2D eigenvalue weighted by Crippen LogP contribution is 2.39. The number of H-pyrrole nitrogens is 1. The molecule has 0 bridgehead atoms. The second kappa shape index (κ2) is 5.30. The highest BCUT2D eigenvalue weighted by Gasteiger charge is 2.16. The molecule has 102 valence electrons. The molecule has 0 fully saturated rings. The molecule has 2 aromatic heterocycles. The van der Waals surface area contributed by atoms with Crippen LogP contribution in [0.25, 0.3) is 21.7 Å². The molecule has 0 aliphatic rings. The zero-order valence-corrected chi connectivity index (χ0v) is 13.1. The van der Waals surface area contributed by atoms with Gasteiger partial charge in [-0.2, -0.15) is 5.10 Å². The Hall–Kier alpha value is -1.79. The molecule has 0 unspecified atom stereocenters. The fourth-order valence-corrected chi connectivity index (χ4v) is 3.44. The molecule has 0 saturated heterocycles. The van der Waals surface area contributed by atoms with E-state index in [-0.39, 0.29) is 0 Å². The van der Waals surface area contributed by atoms with Gasteiger partial charge in [0.1, 0.15) is 5.75 Å². The van der Waals surface area contributed by atoms with Crippen molar-refractivity contribution in [3.8, 4) is 27.4 Å². The third-order valence-electron chi connectivity index (χ3n) is 2.97. The molecule has 2 heterocycles. The normalized spacial score (nSPS) is 10.7. The Labute approximate surface area is 128 Å². The van der Waals surface area contributed by atoms with Crippen molar-refractivity contribution in [3.63, 3.8) is 0 Å². The topological polar surface area (TPSA) is 63.9 Å². The van der Waals surface area contributed by atoms with E-state index >= 15 is 0 Å². The Morgan fingerprint density at radius 3 is 2.85 bits per heavy atom. The number of hydrogen-bond acceptors (Lipinski definition) is 4. The Morgan fingerprint density at radius 1 is 1.30 bits per heavy atom. The van der Waals surface area contributed by atoms with Crippen LogP contribution in [0.1, 0.15) is 0 Å². The van der Waals surface area contributed by atoms with E-state index in [0.717, 1.165) is 31.2 Å². The summed E-state index contributed by atoms with van der Waals surface area (Å²) in [6.07, 6.45) is 0. The first-order valence-electron chi connectivity index (χ1n) is 5.93. The zero-order valence-electron chi connectivity index (χ0n) is 10.7. The molecule has 3 aromatic rings. The smallest absolute Gasteiger partial charge is 0.153 e. The van der Waals surface area contributed by atoms with Crippen molar-refractivity contribution in [1.29, 1.82) is 0 Å². The fraction of sp³-hybridized carbons (Fsp3) is 0.0714. The van der Waals surface area contributed by atoms with Crippen molar-refractivity contribution in [2.45, 2.75) is 0 Å². The number of nitrogen functional groups attached to an aromatic ring is 1. The Morgan fingerprint density at radius 2 is 2.15 bits per heavy atom. The average molecular weight is 350 g/mol. The monoisotopic (exact) mass is 349 g/mol. The quantitative estimate of drug-likeness (QED) is 0.746. The molecule has 6 heteroatoms. The number of aromatic amines is 1. The van der Waals surface area contributed by atoms with Gasteiger partial charge in [-0.1, -0.05) is 12.1 Å². The van der Waals surface area contributed by atoms with Gasteiger partial charge in [0.25, 0.3) is 0 Å². The maximum Gasteiger partial charge on any atom is 0.153 e. The van der Waals surface area contributed by atoms with Gasteiger partial charge in [-0.05, 0) is 45.8 Å². The number of hydrogen-bond donors (Lipinski definition) is 2. The van der Waals surface area contributed by atoms with E-state index in [1.807, 2.05) is 36.4 Å². The Bertz CT molecular complexity index is 750. The lowest BCUT2D eigenvalue weighted by molar-refractivity contribution is 0.415. The van der Waals surface area contributed by atoms with E-state index in [9.17, 15) is 0 Å². The summed E-state index contributed by atoms with van der Waals surface area (Å²) in [4.78, 5) is 1.08.